The second-order valence-corrected chi connectivity index (χ2v) is 10.9. The molecular weight excluding hydrogens is 440 g/mol. The van der Waals surface area contributed by atoms with Crippen molar-refractivity contribution in [2.24, 2.45) is 18.9 Å². The van der Waals surface area contributed by atoms with Gasteiger partial charge in [0.1, 0.15) is 29.8 Å². The Morgan fingerprint density at radius 3 is 2.26 bits per heavy atom. The summed E-state index contributed by atoms with van der Waals surface area (Å²) in [6.07, 6.45) is 13.1. The fourth-order valence-electron chi connectivity index (χ4n) is 6.97. The van der Waals surface area contributed by atoms with E-state index >= 15 is 4.39 Å². The van der Waals surface area contributed by atoms with Crippen LogP contribution in [-0.4, -0.2) is 0 Å². The molecule has 0 bridgehead atoms. The molecule has 0 aliphatic heterocycles. The van der Waals surface area contributed by atoms with Gasteiger partial charge in [-0.3, -0.25) is 0 Å². The molecule has 6 rings (SSSR count). The molecule has 2 saturated carbocycles. The van der Waals surface area contributed by atoms with Crippen LogP contribution in [0.1, 0.15) is 74.8 Å². The van der Waals surface area contributed by atoms with Gasteiger partial charge < -0.3 is 4.42 Å². The Morgan fingerprint density at radius 1 is 0.800 bits per heavy atom. The van der Waals surface area contributed by atoms with Crippen molar-refractivity contribution < 1.29 is 17.8 Å². The molecule has 2 nitrogen and oxygen atoms in total. The maximum Gasteiger partial charge on any atom is 0.219 e. The van der Waals surface area contributed by atoms with Crippen LogP contribution in [0.5, 0.6) is 0 Å². The van der Waals surface area contributed by atoms with Gasteiger partial charge in [-0.1, -0.05) is 44.2 Å². The normalized spacial score (nSPS) is 21.7. The van der Waals surface area contributed by atoms with Gasteiger partial charge in [0.15, 0.2) is 6.20 Å². The monoisotopic (exact) mass is 474 g/mol. The summed E-state index contributed by atoms with van der Waals surface area (Å²) in [5.41, 5.74) is 4.76. The first-order valence-electron chi connectivity index (χ1n) is 13.3. The number of aryl methyl sites for hydroxylation is 2. The highest BCUT2D eigenvalue weighted by Crippen LogP contribution is 2.47. The standard InChI is InChI=1S/C31H34F2NO/c1-19-8-13-24-25-14-15-26(33)29(22-11-9-21(10-12-22)20-6-4-3-5-7-20)31(25)35-30(24)28(19)27-18-23(32)16-17-34(27)2/h8,13-18,20-22H,3-7,9-12H2,1-2H3/q+1. The molecule has 2 aromatic carbocycles. The Morgan fingerprint density at radius 2 is 1.49 bits per heavy atom. The number of fused-ring (bicyclic) bond motifs is 3. The van der Waals surface area contributed by atoms with E-state index in [0.29, 0.717) is 11.2 Å². The van der Waals surface area contributed by atoms with Crippen molar-refractivity contribution in [2.75, 3.05) is 0 Å². The summed E-state index contributed by atoms with van der Waals surface area (Å²) >= 11 is 0. The first-order chi connectivity index (χ1) is 17.0. The first-order valence-corrected chi connectivity index (χ1v) is 13.3. The minimum atomic E-state index is -0.285. The summed E-state index contributed by atoms with van der Waals surface area (Å²) in [4.78, 5) is 0. The van der Waals surface area contributed by atoms with E-state index in [-0.39, 0.29) is 17.6 Å². The van der Waals surface area contributed by atoms with Crippen molar-refractivity contribution in [3.05, 3.63) is 65.4 Å². The third kappa shape index (κ3) is 3.95. The van der Waals surface area contributed by atoms with Crippen LogP contribution in [-0.2, 0) is 7.05 Å². The number of aromatic nitrogens is 1. The Balaban J connectivity index is 1.43. The van der Waals surface area contributed by atoms with Crippen LogP contribution in [0.2, 0.25) is 0 Å². The average molecular weight is 475 g/mol. The third-order valence-electron chi connectivity index (χ3n) is 8.87. The molecular formula is C31H34F2NO+. The van der Waals surface area contributed by atoms with E-state index in [1.807, 2.05) is 24.6 Å². The fraction of sp³-hybridized carbons (Fsp3) is 0.452. The van der Waals surface area contributed by atoms with Gasteiger partial charge >= 0.3 is 0 Å². The summed E-state index contributed by atoms with van der Waals surface area (Å²) in [7, 11) is 1.91. The van der Waals surface area contributed by atoms with E-state index in [0.717, 1.165) is 57.8 Å². The Labute approximate surface area is 206 Å². The Bertz CT molecular complexity index is 1390. The molecule has 0 radical (unpaired) electrons. The van der Waals surface area contributed by atoms with E-state index in [2.05, 4.69) is 12.1 Å². The SMILES string of the molecule is Cc1ccc2c(oc3c(C4CCC(C5CCCCC5)CC4)c(F)ccc32)c1-c1cc(F)cc[n+]1C. The van der Waals surface area contributed by atoms with Gasteiger partial charge in [0.05, 0.1) is 5.56 Å². The lowest BCUT2D eigenvalue weighted by Crippen LogP contribution is -2.30. The van der Waals surface area contributed by atoms with Gasteiger partial charge in [-0.25, -0.2) is 13.3 Å². The predicted octanol–water partition coefficient (Wildman–Crippen LogP) is 8.52. The maximum absolute atomic E-state index is 15.4. The second-order valence-electron chi connectivity index (χ2n) is 10.9. The molecule has 2 aromatic heterocycles. The van der Waals surface area contributed by atoms with E-state index in [1.54, 1.807) is 18.3 Å². The van der Waals surface area contributed by atoms with E-state index in [9.17, 15) is 4.39 Å². The fourth-order valence-corrected chi connectivity index (χ4v) is 6.97. The molecule has 182 valence electrons. The number of halogens is 2. The molecule has 2 fully saturated rings. The lowest BCUT2D eigenvalue weighted by Gasteiger charge is -2.36. The molecule has 0 atom stereocenters. The summed E-state index contributed by atoms with van der Waals surface area (Å²) in [6, 6.07) is 10.6. The molecule has 2 aliphatic carbocycles. The van der Waals surface area contributed by atoms with Gasteiger partial charge in [-0.05, 0) is 68.1 Å². The van der Waals surface area contributed by atoms with Gasteiger partial charge in [0.25, 0.3) is 0 Å². The number of benzene rings is 2. The summed E-state index contributed by atoms with van der Waals surface area (Å²) < 4.78 is 38.0. The van der Waals surface area contributed by atoms with Crippen LogP contribution >= 0.6 is 0 Å². The van der Waals surface area contributed by atoms with Crippen molar-refractivity contribution in [3.63, 3.8) is 0 Å². The van der Waals surface area contributed by atoms with Crippen molar-refractivity contribution >= 4 is 21.9 Å². The number of furan rings is 1. The van der Waals surface area contributed by atoms with Crippen molar-refractivity contribution in [3.8, 4) is 11.3 Å². The summed E-state index contributed by atoms with van der Waals surface area (Å²) in [6.45, 7) is 2.01. The van der Waals surface area contributed by atoms with Crippen LogP contribution < -0.4 is 4.57 Å². The quantitative estimate of drug-likeness (QED) is 0.272. The second kappa shape index (κ2) is 9.04. The number of hydrogen-bond acceptors (Lipinski definition) is 1. The molecule has 2 aliphatic rings. The smallest absolute Gasteiger partial charge is 0.219 e. The van der Waals surface area contributed by atoms with E-state index in [4.69, 9.17) is 4.42 Å². The first kappa shape index (κ1) is 22.7. The highest BCUT2D eigenvalue weighted by molar-refractivity contribution is 6.10. The summed E-state index contributed by atoms with van der Waals surface area (Å²) in [5, 5.41) is 1.91. The summed E-state index contributed by atoms with van der Waals surface area (Å²) in [5.74, 6) is 1.41. The van der Waals surface area contributed by atoms with Gasteiger partial charge in [0, 0.05) is 28.5 Å². The van der Waals surface area contributed by atoms with Crippen LogP contribution in [0.3, 0.4) is 0 Å². The van der Waals surface area contributed by atoms with Gasteiger partial charge in [-0.2, -0.15) is 0 Å². The molecule has 35 heavy (non-hydrogen) atoms. The molecule has 0 N–H and O–H groups in total. The molecule has 0 saturated heterocycles. The van der Waals surface area contributed by atoms with Gasteiger partial charge in [-0.15, -0.1) is 0 Å². The predicted molar refractivity (Wildman–Crippen MR) is 136 cm³/mol. The molecule has 4 aromatic rings. The van der Waals surface area contributed by atoms with Crippen LogP contribution in [0.4, 0.5) is 8.78 Å². The zero-order chi connectivity index (χ0) is 24.1. The number of pyridine rings is 1. The molecule has 2 heterocycles. The lowest BCUT2D eigenvalue weighted by atomic mass is 9.70. The van der Waals surface area contributed by atoms with Crippen molar-refractivity contribution in [2.45, 2.75) is 70.6 Å². The highest BCUT2D eigenvalue weighted by Gasteiger charge is 2.32. The molecule has 0 amide bonds. The number of nitrogens with zero attached hydrogens (tertiary/aromatic N) is 1. The van der Waals surface area contributed by atoms with E-state index in [1.165, 1.54) is 51.0 Å². The lowest BCUT2D eigenvalue weighted by molar-refractivity contribution is -0.660. The topological polar surface area (TPSA) is 17.0 Å². The molecule has 0 spiro atoms. The molecule has 4 heteroatoms. The average Bonchev–Trinajstić information content (AvgIpc) is 3.24. The number of rotatable bonds is 3. The maximum atomic E-state index is 15.4. The Kier molecular flexibility index (Phi) is 5.86. The largest absolute Gasteiger partial charge is 0.455 e. The van der Waals surface area contributed by atoms with E-state index < -0.39 is 0 Å². The zero-order valence-corrected chi connectivity index (χ0v) is 20.7. The minimum absolute atomic E-state index is 0.160. The van der Waals surface area contributed by atoms with Crippen LogP contribution in [0.25, 0.3) is 33.2 Å². The minimum Gasteiger partial charge on any atom is -0.455 e. The molecule has 0 unspecified atom stereocenters. The highest BCUT2D eigenvalue weighted by atomic mass is 19.1. The van der Waals surface area contributed by atoms with Crippen molar-refractivity contribution in [1.82, 2.24) is 0 Å². The zero-order valence-electron chi connectivity index (χ0n) is 20.7. The van der Waals surface area contributed by atoms with Gasteiger partial charge in [0.2, 0.25) is 5.69 Å². The Hall–Kier alpha value is -2.75. The van der Waals surface area contributed by atoms with Crippen LogP contribution in [0.15, 0.2) is 47.0 Å². The van der Waals surface area contributed by atoms with Crippen LogP contribution in [0, 0.1) is 30.4 Å². The van der Waals surface area contributed by atoms with Crippen molar-refractivity contribution in [1.29, 1.82) is 0 Å². The number of hydrogen-bond donors (Lipinski definition) is 0. The third-order valence-corrected chi connectivity index (χ3v) is 8.87.